The summed E-state index contributed by atoms with van der Waals surface area (Å²) >= 11 is 3.34. The number of nitro benzene ring substituents is 1. The summed E-state index contributed by atoms with van der Waals surface area (Å²) in [5, 5.41) is 11.0. The molecule has 0 aliphatic carbocycles. The van der Waals surface area contributed by atoms with Crippen LogP contribution in [0.15, 0.2) is 64.5 Å². The molecule has 2 aromatic rings. The van der Waals surface area contributed by atoms with E-state index in [9.17, 15) is 18.5 Å². The minimum atomic E-state index is -4.00. The van der Waals surface area contributed by atoms with Crippen molar-refractivity contribution in [3.8, 4) is 0 Å². The van der Waals surface area contributed by atoms with Gasteiger partial charge in [0.25, 0.3) is 15.7 Å². The van der Waals surface area contributed by atoms with Gasteiger partial charge in [0.05, 0.1) is 22.1 Å². The van der Waals surface area contributed by atoms with Gasteiger partial charge in [-0.2, -0.15) is 0 Å². The smallest absolute Gasteiger partial charge is 0.261 e. The molecule has 0 aliphatic heterocycles. The number of hydrogen-bond acceptors (Lipinski definition) is 4. The topological polar surface area (TPSA) is 80.5 Å². The molecule has 0 aromatic heterocycles. The van der Waals surface area contributed by atoms with Crippen LogP contribution in [0.3, 0.4) is 0 Å². The van der Waals surface area contributed by atoms with Crippen LogP contribution in [0.2, 0.25) is 0 Å². The van der Waals surface area contributed by atoms with Gasteiger partial charge in [0.2, 0.25) is 0 Å². The fourth-order valence-electron chi connectivity index (χ4n) is 2.20. The molecule has 8 heteroatoms. The highest BCUT2D eigenvalue weighted by Gasteiger charge is 2.28. The van der Waals surface area contributed by atoms with Gasteiger partial charge in [-0.05, 0) is 40.5 Å². The Kier molecular flexibility index (Phi) is 5.40. The Balaban J connectivity index is 2.66. The Morgan fingerprint density at radius 1 is 1.29 bits per heavy atom. The normalized spacial score (nSPS) is 11.1. The first-order valence-corrected chi connectivity index (χ1v) is 9.15. The van der Waals surface area contributed by atoms with E-state index in [0.29, 0.717) is 15.7 Å². The molecule has 0 amide bonds. The van der Waals surface area contributed by atoms with Gasteiger partial charge >= 0.3 is 0 Å². The summed E-state index contributed by atoms with van der Waals surface area (Å²) < 4.78 is 28.0. The summed E-state index contributed by atoms with van der Waals surface area (Å²) in [5.74, 6) is 0. The Labute approximate surface area is 148 Å². The van der Waals surface area contributed by atoms with Crippen LogP contribution in [0.5, 0.6) is 0 Å². The van der Waals surface area contributed by atoms with Gasteiger partial charge in [0.15, 0.2) is 0 Å². The minimum Gasteiger partial charge on any atom is -0.261 e. The molecule has 0 fully saturated rings. The molecule has 24 heavy (non-hydrogen) atoms. The number of anilines is 1. The third-order valence-corrected chi connectivity index (χ3v) is 5.96. The lowest BCUT2D eigenvalue weighted by Crippen LogP contribution is -2.32. The Morgan fingerprint density at radius 3 is 2.54 bits per heavy atom. The molecule has 0 heterocycles. The van der Waals surface area contributed by atoms with Crippen LogP contribution in [0.25, 0.3) is 0 Å². The summed E-state index contributed by atoms with van der Waals surface area (Å²) in [6, 6.07) is 10.6. The number of aryl methyl sites for hydroxylation is 1. The van der Waals surface area contributed by atoms with E-state index in [4.69, 9.17) is 0 Å². The standard InChI is InChI=1S/C16H15BrN2O4S/c1-3-10-18(15-7-5-4-6-14(15)17)24(22,23)16-11-13(19(20)21)9-8-12(16)2/h3-9,11H,1,10H2,2H3. The summed E-state index contributed by atoms with van der Waals surface area (Å²) in [6.45, 7) is 5.24. The monoisotopic (exact) mass is 410 g/mol. The largest absolute Gasteiger partial charge is 0.270 e. The lowest BCUT2D eigenvalue weighted by molar-refractivity contribution is -0.385. The number of hydrogen-bond donors (Lipinski definition) is 0. The van der Waals surface area contributed by atoms with E-state index in [0.717, 1.165) is 10.4 Å². The molecule has 0 unspecified atom stereocenters. The molecule has 0 N–H and O–H groups in total. The quantitative estimate of drug-likeness (QED) is 0.408. The zero-order chi connectivity index (χ0) is 17.9. The second-order valence-electron chi connectivity index (χ2n) is 4.98. The first kappa shape index (κ1) is 18.2. The molecule has 0 saturated heterocycles. The van der Waals surface area contributed by atoms with E-state index >= 15 is 0 Å². The van der Waals surface area contributed by atoms with Crippen LogP contribution < -0.4 is 4.31 Å². The zero-order valence-corrected chi connectivity index (χ0v) is 15.2. The Bertz CT molecular complexity index is 897. The predicted octanol–water partition coefficient (Wildman–Crippen LogP) is 4.05. The van der Waals surface area contributed by atoms with Crippen molar-refractivity contribution in [1.29, 1.82) is 0 Å². The van der Waals surface area contributed by atoms with E-state index in [1.807, 2.05) is 0 Å². The predicted molar refractivity (Wildman–Crippen MR) is 96.7 cm³/mol. The molecule has 2 aromatic carbocycles. The number of nitro groups is 1. The fourth-order valence-corrected chi connectivity index (χ4v) is 4.51. The zero-order valence-electron chi connectivity index (χ0n) is 12.8. The van der Waals surface area contributed by atoms with E-state index < -0.39 is 14.9 Å². The first-order chi connectivity index (χ1) is 11.3. The van der Waals surface area contributed by atoms with Crippen molar-refractivity contribution in [2.24, 2.45) is 0 Å². The SMILES string of the molecule is C=CCN(c1ccccc1Br)S(=O)(=O)c1cc([N+](=O)[O-])ccc1C. The highest BCUT2D eigenvalue weighted by Crippen LogP contribution is 2.32. The van der Waals surface area contributed by atoms with Crippen LogP contribution in [-0.4, -0.2) is 19.9 Å². The van der Waals surface area contributed by atoms with Gasteiger partial charge in [-0.1, -0.05) is 24.3 Å². The molecule has 0 spiro atoms. The van der Waals surface area contributed by atoms with Crippen molar-refractivity contribution >= 4 is 37.3 Å². The maximum atomic E-state index is 13.1. The summed E-state index contributed by atoms with van der Waals surface area (Å²) in [6.07, 6.45) is 1.46. The molecular weight excluding hydrogens is 396 g/mol. The average molecular weight is 411 g/mol. The number of para-hydroxylation sites is 1. The van der Waals surface area contributed by atoms with E-state index in [1.54, 1.807) is 31.2 Å². The molecule has 0 radical (unpaired) electrons. The number of benzene rings is 2. The van der Waals surface area contributed by atoms with E-state index in [2.05, 4.69) is 22.5 Å². The molecule has 0 saturated carbocycles. The van der Waals surface area contributed by atoms with E-state index in [-0.39, 0.29) is 17.1 Å². The lowest BCUT2D eigenvalue weighted by atomic mass is 10.2. The fraction of sp³-hybridized carbons (Fsp3) is 0.125. The number of rotatable bonds is 6. The van der Waals surface area contributed by atoms with Crippen LogP contribution in [0.1, 0.15) is 5.56 Å². The third-order valence-electron chi connectivity index (χ3n) is 3.37. The molecule has 0 aliphatic rings. The number of sulfonamides is 1. The van der Waals surface area contributed by atoms with Crippen molar-refractivity contribution in [2.45, 2.75) is 11.8 Å². The van der Waals surface area contributed by atoms with Crippen LogP contribution in [0.4, 0.5) is 11.4 Å². The highest BCUT2D eigenvalue weighted by atomic mass is 79.9. The number of non-ortho nitro benzene ring substituents is 1. The van der Waals surface area contributed by atoms with Crippen LogP contribution in [-0.2, 0) is 10.0 Å². The molecule has 0 atom stereocenters. The van der Waals surface area contributed by atoms with Crippen molar-refractivity contribution in [3.63, 3.8) is 0 Å². The van der Waals surface area contributed by atoms with Crippen molar-refractivity contribution in [2.75, 3.05) is 10.8 Å². The second kappa shape index (κ2) is 7.14. The Morgan fingerprint density at radius 2 is 1.96 bits per heavy atom. The first-order valence-electron chi connectivity index (χ1n) is 6.92. The molecule has 126 valence electrons. The van der Waals surface area contributed by atoms with Crippen molar-refractivity contribution in [1.82, 2.24) is 0 Å². The van der Waals surface area contributed by atoms with Crippen molar-refractivity contribution < 1.29 is 13.3 Å². The molecule has 0 bridgehead atoms. The number of halogens is 1. The van der Waals surface area contributed by atoms with Gasteiger partial charge in [0, 0.05) is 16.6 Å². The summed E-state index contributed by atoms with van der Waals surface area (Å²) in [5.41, 5.74) is 0.592. The van der Waals surface area contributed by atoms with Crippen LogP contribution in [0, 0.1) is 17.0 Å². The lowest BCUT2D eigenvalue weighted by Gasteiger charge is -2.25. The average Bonchev–Trinajstić information content (AvgIpc) is 2.53. The van der Waals surface area contributed by atoms with Gasteiger partial charge in [-0.15, -0.1) is 6.58 Å². The van der Waals surface area contributed by atoms with Crippen LogP contribution >= 0.6 is 15.9 Å². The third kappa shape index (κ3) is 3.49. The van der Waals surface area contributed by atoms with Gasteiger partial charge in [-0.25, -0.2) is 8.42 Å². The summed E-state index contributed by atoms with van der Waals surface area (Å²) in [4.78, 5) is 10.3. The van der Waals surface area contributed by atoms with E-state index in [1.165, 1.54) is 18.2 Å². The maximum Gasteiger partial charge on any atom is 0.270 e. The van der Waals surface area contributed by atoms with Gasteiger partial charge in [0.1, 0.15) is 0 Å². The highest BCUT2D eigenvalue weighted by molar-refractivity contribution is 9.10. The molecule has 2 rings (SSSR count). The van der Waals surface area contributed by atoms with Gasteiger partial charge in [-0.3, -0.25) is 14.4 Å². The second-order valence-corrected chi connectivity index (χ2v) is 7.67. The minimum absolute atomic E-state index is 0.0348. The number of nitrogens with zero attached hydrogens (tertiary/aromatic N) is 2. The van der Waals surface area contributed by atoms with Crippen molar-refractivity contribution in [3.05, 3.63) is 75.3 Å². The maximum absolute atomic E-state index is 13.1. The molecular formula is C16H15BrN2O4S. The summed E-state index contributed by atoms with van der Waals surface area (Å²) in [7, 11) is -4.00. The van der Waals surface area contributed by atoms with Gasteiger partial charge < -0.3 is 0 Å². The Hall–Kier alpha value is -2.19. The molecule has 6 nitrogen and oxygen atoms in total.